The Balaban J connectivity index is 2.52. The summed E-state index contributed by atoms with van der Waals surface area (Å²) in [6.07, 6.45) is 8.07. The molecule has 0 heterocycles. The predicted molar refractivity (Wildman–Crippen MR) is 99.9 cm³/mol. The van der Waals surface area contributed by atoms with Crippen molar-refractivity contribution in [3.63, 3.8) is 0 Å². The van der Waals surface area contributed by atoms with Crippen LogP contribution >= 0.6 is 0 Å². The normalized spacial score (nSPS) is 11.8. The van der Waals surface area contributed by atoms with Crippen LogP contribution in [-0.2, 0) is 9.47 Å². The van der Waals surface area contributed by atoms with Crippen molar-refractivity contribution in [2.45, 2.75) is 78.2 Å². The Kier molecular flexibility index (Phi) is 10.6. The van der Waals surface area contributed by atoms with Crippen molar-refractivity contribution in [2.75, 3.05) is 6.61 Å². The minimum absolute atomic E-state index is 0.0729. The van der Waals surface area contributed by atoms with Crippen LogP contribution in [0.15, 0.2) is 24.3 Å². The van der Waals surface area contributed by atoms with Crippen LogP contribution in [0.5, 0.6) is 0 Å². The number of hydrogen-bond donors (Lipinski definition) is 0. The second-order valence-corrected chi connectivity index (χ2v) is 6.36. The number of carbonyl (C=O) groups is 2. The highest BCUT2D eigenvalue weighted by Gasteiger charge is 2.16. The minimum atomic E-state index is -0.384. The molecule has 0 aliphatic carbocycles. The molecule has 0 radical (unpaired) electrons. The van der Waals surface area contributed by atoms with Gasteiger partial charge in [-0.2, -0.15) is 0 Å². The monoisotopic (exact) mass is 348 g/mol. The molecule has 1 atom stereocenters. The first-order chi connectivity index (χ1) is 12.1. The summed E-state index contributed by atoms with van der Waals surface area (Å²) in [4.78, 5) is 24.4. The van der Waals surface area contributed by atoms with Gasteiger partial charge in [0.1, 0.15) is 6.10 Å². The quantitative estimate of drug-likeness (QED) is 0.367. The van der Waals surface area contributed by atoms with Crippen LogP contribution in [0.4, 0.5) is 0 Å². The van der Waals surface area contributed by atoms with Gasteiger partial charge in [0.05, 0.1) is 17.7 Å². The molecule has 0 aliphatic heterocycles. The molecule has 25 heavy (non-hydrogen) atoms. The average molecular weight is 348 g/mol. The molecule has 4 nitrogen and oxygen atoms in total. The fourth-order valence-corrected chi connectivity index (χ4v) is 2.61. The molecule has 0 aliphatic rings. The van der Waals surface area contributed by atoms with Crippen molar-refractivity contribution < 1.29 is 19.1 Å². The number of unbranched alkanes of at least 4 members (excludes halogenated alkanes) is 4. The first kappa shape index (κ1) is 21.2. The molecule has 140 valence electrons. The van der Waals surface area contributed by atoms with E-state index in [-0.39, 0.29) is 18.0 Å². The summed E-state index contributed by atoms with van der Waals surface area (Å²) >= 11 is 0. The van der Waals surface area contributed by atoms with Crippen LogP contribution < -0.4 is 0 Å². The van der Waals surface area contributed by atoms with Crippen molar-refractivity contribution in [1.82, 2.24) is 0 Å². The van der Waals surface area contributed by atoms with Crippen molar-refractivity contribution in [2.24, 2.45) is 0 Å². The zero-order chi connectivity index (χ0) is 18.5. The van der Waals surface area contributed by atoms with Gasteiger partial charge in [-0.25, -0.2) is 9.59 Å². The van der Waals surface area contributed by atoms with E-state index < -0.39 is 0 Å². The largest absolute Gasteiger partial charge is 0.462 e. The van der Waals surface area contributed by atoms with Crippen LogP contribution in [0.3, 0.4) is 0 Å². The molecule has 0 aromatic heterocycles. The van der Waals surface area contributed by atoms with E-state index >= 15 is 0 Å². The summed E-state index contributed by atoms with van der Waals surface area (Å²) in [6.45, 7) is 6.66. The standard InChI is InChI=1S/C21H32O4/c1-4-7-8-9-10-15-24-20(22)17-13-11-14-18(16-17)21(23)25-19(6-3)12-5-2/h11,13-14,16,19H,4-10,12,15H2,1-3H3. The molecule has 0 saturated carbocycles. The Morgan fingerprint density at radius 2 is 1.60 bits per heavy atom. The maximum absolute atomic E-state index is 12.3. The molecule has 0 spiro atoms. The highest BCUT2D eigenvalue weighted by Crippen LogP contribution is 2.13. The minimum Gasteiger partial charge on any atom is -0.462 e. The number of esters is 2. The molecule has 0 fully saturated rings. The van der Waals surface area contributed by atoms with Crippen molar-refractivity contribution in [1.29, 1.82) is 0 Å². The highest BCUT2D eigenvalue weighted by molar-refractivity contribution is 5.95. The Bertz CT molecular complexity index is 524. The smallest absolute Gasteiger partial charge is 0.338 e. The average Bonchev–Trinajstić information content (AvgIpc) is 2.64. The summed E-state index contributed by atoms with van der Waals surface area (Å²) in [5.74, 6) is -0.764. The van der Waals surface area contributed by atoms with Crippen LogP contribution in [-0.4, -0.2) is 24.6 Å². The summed E-state index contributed by atoms with van der Waals surface area (Å²) in [7, 11) is 0. The SMILES string of the molecule is CCCCCCCOC(=O)c1cccc(C(=O)OC(CC)CCC)c1. The van der Waals surface area contributed by atoms with Gasteiger partial charge >= 0.3 is 11.9 Å². The lowest BCUT2D eigenvalue weighted by Crippen LogP contribution is -2.18. The fraction of sp³-hybridized carbons (Fsp3) is 0.619. The Hall–Kier alpha value is -1.84. The number of ether oxygens (including phenoxy) is 2. The van der Waals surface area contributed by atoms with E-state index in [1.54, 1.807) is 24.3 Å². The third kappa shape index (κ3) is 8.19. The molecule has 0 amide bonds. The van der Waals surface area contributed by atoms with E-state index in [1.165, 1.54) is 19.3 Å². The maximum atomic E-state index is 12.3. The van der Waals surface area contributed by atoms with Gasteiger partial charge in [-0.1, -0.05) is 58.9 Å². The molecule has 1 aromatic rings. The Morgan fingerprint density at radius 1 is 0.920 bits per heavy atom. The molecule has 1 aromatic carbocycles. The molecule has 0 N–H and O–H groups in total. The molecule has 0 saturated heterocycles. The maximum Gasteiger partial charge on any atom is 0.338 e. The second kappa shape index (κ2) is 12.5. The fourth-order valence-electron chi connectivity index (χ4n) is 2.61. The van der Waals surface area contributed by atoms with Gasteiger partial charge in [0, 0.05) is 0 Å². The lowest BCUT2D eigenvalue weighted by molar-refractivity contribution is 0.0271. The summed E-state index contributed by atoms with van der Waals surface area (Å²) in [6, 6.07) is 6.58. The van der Waals surface area contributed by atoms with Crippen LogP contribution in [0.1, 0.15) is 92.9 Å². The first-order valence-corrected chi connectivity index (χ1v) is 9.60. The van der Waals surface area contributed by atoms with E-state index in [2.05, 4.69) is 13.8 Å². The van der Waals surface area contributed by atoms with Crippen LogP contribution in [0, 0.1) is 0 Å². The van der Waals surface area contributed by atoms with Crippen LogP contribution in [0.2, 0.25) is 0 Å². The van der Waals surface area contributed by atoms with Crippen molar-refractivity contribution in [3.8, 4) is 0 Å². The van der Waals surface area contributed by atoms with Crippen LogP contribution in [0.25, 0.3) is 0 Å². The van der Waals surface area contributed by atoms with E-state index in [0.29, 0.717) is 17.7 Å². The van der Waals surface area contributed by atoms with Gasteiger partial charge in [0.15, 0.2) is 0 Å². The first-order valence-electron chi connectivity index (χ1n) is 9.60. The Labute approximate surface area is 151 Å². The van der Waals surface area contributed by atoms with E-state index in [0.717, 1.165) is 32.1 Å². The molecular formula is C21H32O4. The molecule has 1 rings (SSSR count). The number of hydrogen-bond acceptors (Lipinski definition) is 4. The van der Waals surface area contributed by atoms with Gasteiger partial charge in [-0.05, 0) is 37.5 Å². The van der Waals surface area contributed by atoms with Gasteiger partial charge in [0.2, 0.25) is 0 Å². The van der Waals surface area contributed by atoms with Crippen molar-refractivity contribution >= 4 is 11.9 Å². The molecule has 4 heteroatoms. The van der Waals surface area contributed by atoms with Gasteiger partial charge < -0.3 is 9.47 Å². The lowest BCUT2D eigenvalue weighted by atomic mass is 10.1. The van der Waals surface area contributed by atoms with Gasteiger partial charge in [0.25, 0.3) is 0 Å². The molecular weight excluding hydrogens is 316 g/mol. The summed E-state index contributed by atoms with van der Waals surface area (Å²) in [5.41, 5.74) is 0.790. The zero-order valence-electron chi connectivity index (χ0n) is 15.9. The second-order valence-electron chi connectivity index (χ2n) is 6.36. The van der Waals surface area contributed by atoms with Crippen molar-refractivity contribution in [3.05, 3.63) is 35.4 Å². The topological polar surface area (TPSA) is 52.6 Å². The summed E-state index contributed by atoms with van der Waals surface area (Å²) < 4.78 is 10.8. The van der Waals surface area contributed by atoms with E-state index in [1.807, 2.05) is 6.92 Å². The molecule has 0 bridgehead atoms. The third-order valence-electron chi connectivity index (χ3n) is 4.15. The Morgan fingerprint density at radius 3 is 2.24 bits per heavy atom. The lowest BCUT2D eigenvalue weighted by Gasteiger charge is -2.15. The number of benzene rings is 1. The predicted octanol–water partition coefficient (Wildman–Crippen LogP) is 5.55. The van der Waals surface area contributed by atoms with Gasteiger partial charge in [-0.3, -0.25) is 0 Å². The highest BCUT2D eigenvalue weighted by atomic mass is 16.5. The van der Waals surface area contributed by atoms with E-state index in [4.69, 9.17) is 9.47 Å². The number of carbonyl (C=O) groups excluding carboxylic acids is 2. The van der Waals surface area contributed by atoms with Gasteiger partial charge in [-0.15, -0.1) is 0 Å². The number of rotatable bonds is 12. The molecule has 1 unspecified atom stereocenters. The zero-order valence-corrected chi connectivity index (χ0v) is 15.9. The van der Waals surface area contributed by atoms with E-state index in [9.17, 15) is 9.59 Å². The third-order valence-corrected chi connectivity index (χ3v) is 4.15. The summed E-state index contributed by atoms with van der Waals surface area (Å²) in [5, 5.41) is 0.